The summed E-state index contributed by atoms with van der Waals surface area (Å²) in [5, 5.41) is 7.29. The topological polar surface area (TPSA) is 72.9 Å². The average molecular weight is 252 g/mol. The van der Waals surface area contributed by atoms with E-state index in [1.807, 2.05) is 19.9 Å². The zero-order chi connectivity index (χ0) is 13.4. The summed E-state index contributed by atoms with van der Waals surface area (Å²) in [6.45, 7) is 6.17. The van der Waals surface area contributed by atoms with E-state index in [1.54, 1.807) is 4.68 Å². The van der Waals surface area contributed by atoms with E-state index in [0.29, 0.717) is 12.2 Å². The number of carbonyl (C=O) groups is 1. The fraction of sp³-hybridized carbons (Fsp3) is 0.692. The minimum Gasteiger partial charge on any atom is -0.351 e. The molecule has 0 saturated carbocycles. The first kappa shape index (κ1) is 14.7. The molecule has 5 heteroatoms. The summed E-state index contributed by atoms with van der Waals surface area (Å²) >= 11 is 0. The molecule has 1 aromatic rings. The minimum atomic E-state index is -0.0307. The van der Waals surface area contributed by atoms with Crippen LogP contribution in [0.25, 0.3) is 0 Å². The van der Waals surface area contributed by atoms with Crippen molar-refractivity contribution in [1.82, 2.24) is 15.1 Å². The van der Waals surface area contributed by atoms with Crippen LogP contribution in [0.5, 0.6) is 0 Å². The largest absolute Gasteiger partial charge is 0.351 e. The summed E-state index contributed by atoms with van der Waals surface area (Å²) in [5.41, 5.74) is 7.04. The van der Waals surface area contributed by atoms with Crippen molar-refractivity contribution in [2.24, 2.45) is 5.73 Å². The van der Waals surface area contributed by atoms with Gasteiger partial charge in [0.15, 0.2) is 0 Å². The predicted molar refractivity (Wildman–Crippen MR) is 72.5 cm³/mol. The molecule has 0 atom stereocenters. The Morgan fingerprint density at radius 1 is 1.39 bits per heavy atom. The van der Waals surface area contributed by atoms with Crippen molar-refractivity contribution < 1.29 is 4.79 Å². The molecule has 5 nitrogen and oxygen atoms in total. The maximum absolute atomic E-state index is 12.0. The molecule has 102 valence electrons. The van der Waals surface area contributed by atoms with Crippen LogP contribution in [0.15, 0.2) is 6.07 Å². The Kier molecular flexibility index (Phi) is 6.43. The van der Waals surface area contributed by atoms with Gasteiger partial charge in [0.2, 0.25) is 0 Å². The normalized spacial score (nSPS) is 10.6. The van der Waals surface area contributed by atoms with E-state index in [4.69, 9.17) is 5.73 Å². The highest BCUT2D eigenvalue weighted by Gasteiger charge is 2.12. The van der Waals surface area contributed by atoms with Gasteiger partial charge in [-0.15, -0.1) is 0 Å². The van der Waals surface area contributed by atoms with Crippen LogP contribution >= 0.6 is 0 Å². The lowest BCUT2D eigenvalue weighted by atomic mass is 10.2. The maximum atomic E-state index is 12.0. The average Bonchev–Trinajstić information content (AvgIpc) is 2.81. The molecule has 3 N–H and O–H groups in total. The molecule has 0 aliphatic heterocycles. The lowest BCUT2D eigenvalue weighted by Crippen LogP contribution is -2.27. The first-order chi connectivity index (χ1) is 8.72. The van der Waals surface area contributed by atoms with Crippen molar-refractivity contribution in [3.8, 4) is 0 Å². The number of rotatable bonds is 8. The number of unbranched alkanes of at least 4 members (excludes halogenated alkanes) is 2. The van der Waals surface area contributed by atoms with E-state index in [9.17, 15) is 4.79 Å². The van der Waals surface area contributed by atoms with Gasteiger partial charge < -0.3 is 11.1 Å². The Hall–Kier alpha value is -1.36. The molecule has 0 fully saturated rings. The molecule has 0 bridgehead atoms. The van der Waals surface area contributed by atoms with Crippen molar-refractivity contribution >= 4 is 5.91 Å². The SMILES string of the molecule is CCc1cc(C(=O)NCCCCCN)n(CC)n1. The van der Waals surface area contributed by atoms with Gasteiger partial charge in [0.25, 0.3) is 5.91 Å². The van der Waals surface area contributed by atoms with Crippen LogP contribution in [0.4, 0.5) is 0 Å². The molecular weight excluding hydrogens is 228 g/mol. The van der Waals surface area contributed by atoms with Crippen molar-refractivity contribution in [3.63, 3.8) is 0 Å². The fourth-order valence-corrected chi connectivity index (χ4v) is 1.81. The molecule has 18 heavy (non-hydrogen) atoms. The Labute approximate surface area is 109 Å². The number of nitrogens with one attached hydrogen (secondary N) is 1. The monoisotopic (exact) mass is 252 g/mol. The highest BCUT2D eigenvalue weighted by Crippen LogP contribution is 2.05. The second-order valence-electron chi connectivity index (χ2n) is 4.30. The molecule has 0 unspecified atom stereocenters. The molecule has 0 aromatic carbocycles. The molecule has 0 radical (unpaired) electrons. The highest BCUT2D eigenvalue weighted by atomic mass is 16.2. The number of hydrogen-bond acceptors (Lipinski definition) is 3. The molecule has 0 aliphatic rings. The van der Waals surface area contributed by atoms with Gasteiger partial charge in [-0.1, -0.05) is 13.3 Å². The number of aryl methyl sites for hydroxylation is 2. The molecule has 1 aromatic heterocycles. The zero-order valence-electron chi connectivity index (χ0n) is 11.4. The molecule has 1 amide bonds. The lowest BCUT2D eigenvalue weighted by molar-refractivity contribution is 0.0942. The van der Waals surface area contributed by atoms with E-state index in [0.717, 1.165) is 44.5 Å². The van der Waals surface area contributed by atoms with Gasteiger partial charge in [0, 0.05) is 13.1 Å². The van der Waals surface area contributed by atoms with Crippen LogP contribution in [0.2, 0.25) is 0 Å². The van der Waals surface area contributed by atoms with Gasteiger partial charge in [-0.3, -0.25) is 9.48 Å². The van der Waals surface area contributed by atoms with Gasteiger partial charge in [0.05, 0.1) is 5.69 Å². The third-order valence-corrected chi connectivity index (χ3v) is 2.89. The highest BCUT2D eigenvalue weighted by molar-refractivity contribution is 5.92. The smallest absolute Gasteiger partial charge is 0.269 e. The molecule has 0 saturated heterocycles. The Balaban J connectivity index is 2.47. The lowest BCUT2D eigenvalue weighted by Gasteiger charge is -2.06. The molecule has 0 aliphatic carbocycles. The Morgan fingerprint density at radius 2 is 2.17 bits per heavy atom. The number of hydrogen-bond donors (Lipinski definition) is 2. The predicted octanol–water partition coefficient (Wildman–Crippen LogP) is 1.32. The number of amides is 1. The van der Waals surface area contributed by atoms with Gasteiger partial charge in [-0.05, 0) is 38.8 Å². The third kappa shape index (κ3) is 4.14. The number of carbonyl (C=O) groups excluding carboxylic acids is 1. The standard InChI is InChI=1S/C13H24N4O/c1-3-11-10-12(17(4-2)16-11)13(18)15-9-7-5-6-8-14/h10H,3-9,14H2,1-2H3,(H,15,18). The maximum Gasteiger partial charge on any atom is 0.269 e. The van der Waals surface area contributed by atoms with Crippen LogP contribution < -0.4 is 11.1 Å². The van der Waals surface area contributed by atoms with Crippen LogP contribution in [0.3, 0.4) is 0 Å². The molecule has 1 heterocycles. The Morgan fingerprint density at radius 3 is 2.78 bits per heavy atom. The van der Waals surface area contributed by atoms with Crippen molar-refractivity contribution in [2.75, 3.05) is 13.1 Å². The van der Waals surface area contributed by atoms with Crippen LogP contribution in [0.1, 0.15) is 49.3 Å². The van der Waals surface area contributed by atoms with Crippen molar-refractivity contribution in [1.29, 1.82) is 0 Å². The van der Waals surface area contributed by atoms with Crippen molar-refractivity contribution in [3.05, 3.63) is 17.5 Å². The molecule has 1 rings (SSSR count). The summed E-state index contributed by atoms with van der Waals surface area (Å²) in [5.74, 6) is -0.0307. The molecule has 0 spiro atoms. The zero-order valence-corrected chi connectivity index (χ0v) is 11.4. The van der Waals surface area contributed by atoms with Gasteiger partial charge >= 0.3 is 0 Å². The van der Waals surface area contributed by atoms with Crippen molar-refractivity contribution in [2.45, 2.75) is 46.1 Å². The second-order valence-corrected chi connectivity index (χ2v) is 4.30. The number of nitrogens with two attached hydrogens (primary N) is 1. The third-order valence-electron chi connectivity index (χ3n) is 2.89. The van der Waals surface area contributed by atoms with E-state index in [-0.39, 0.29) is 5.91 Å². The molecular formula is C13H24N4O. The van der Waals surface area contributed by atoms with E-state index in [2.05, 4.69) is 10.4 Å². The fourth-order valence-electron chi connectivity index (χ4n) is 1.81. The summed E-state index contributed by atoms with van der Waals surface area (Å²) < 4.78 is 1.76. The van der Waals surface area contributed by atoms with E-state index >= 15 is 0 Å². The van der Waals surface area contributed by atoms with E-state index < -0.39 is 0 Å². The first-order valence-electron chi connectivity index (χ1n) is 6.77. The van der Waals surface area contributed by atoms with Gasteiger partial charge in [-0.2, -0.15) is 5.10 Å². The van der Waals surface area contributed by atoms with Crippen LogP contribution in [-0.4, -0.2) is 28.8 Å². The van der Waals surface area contributed by atoms with Gasteiger partial charge in [-0.25, -0.2) is 0 Å². The minimum absolute atomic E-state index is 0.0307. The second kappa shape index (κ2) is 7.87. The Bertz CT molecular complexity index is 373. The van der Waals surface area contributed by atoms with E-state index in [1.165, 1.54) is 0 Å². The summed E-state index contributed by atoms with van der Waals surface area (Å²) in [7, 11) is 0. The quantitative estimate of drug-likeness (QED) is 0.685. The first-order valence-corrected chi connectivity index (χ1v) is 6.77. The summed E-state index contributed by atoms with van der Waals surface area (Å²) in [6.07, 6.45) is 3.90. The van der Waals surface area contributed by atoms with Gasteiger partial charge in [0.1, 0.15) is 5.69 Å². The summed E-state index contributed by atoms with van der Waals surface area (Å²) in [4.78, 5) is 12.0. The number of nitrogens with zero attached hydrogens (tertiary/aromatic N) is 2. The van der Waals surface area contributed by atoms with Crippen LogP contribution in [0, 0.1) is 0 Å². The van der Waals surface area contributed by atoms with Crippen LogP contribution in [-0.2, 0) is 13.0 Å². The number of aromatic nitrogens is 2. The summed E-state index contributed by atoms with van der Waals surface area (Å²) in [6, 6.07) is 1.87.